The van der Waals surface area contributed by atoms with Gasteiger partial charge in [-0.15, -0.1) is 0 Å². The average molecular weight is 469 g/mol. The standard InChI is InChI=1S/C24H28N4O4S/c1-18-4-5-20(28-11-2-3-23(28)29)15-22(18)33(31,32)27-13-8-24(30,9-14-27)17-26-12-7-19-6-10-25-16-21(19)26/h4-7,10,12,15-16,30H,2-3,8-9,11,13-14,17H2,1H3. The maximum absolute atomic E-state index is 13.5. The lowest BCUT2D eigenvalue weighted by Crippen LogP contribution is -2.48. The summed E-state index contributed by atoms with van der Waals surface area (Å²) in [5, 5.41) is 12.3. The Bertz CT molecular complexity index is 1310. The number of nitrogens with zero attached hydrogens (tertiary/aromatic N) is 4. The van der Waals surface area contributed by atoms with Crippen molar-refractivity contribution < 1.29 is 18.3 Å². The van der Waals surface area contributed by atoms with E-state index >= 15 is 0 Å². The van der Waals surface area contributed by atoms with Crippen LogP contribution in [-0.4, -0.2) is 58.5 Å². The third kappa shape index (κ3) is 4.05. The number of sulfonamides is 1. The highest BCUT2D eigenvalue weighted by Gasteiger charge is 2.38. The number of hydrogen-bond donors (Lipinski definition) is 1. The molecule has 0 unspecified atom stereocenters. The summed E-state index contributed by atoms with van der Waals surface area (Å²) in [6.45, 7) is 3.25. The molecule has 0 atom stereocenters. The summed E-state index contributed by atoms with van der Waals surface area (Å²) in [6.07, 6.45) is 7.41. The molecule has 3 aromatic rings. The third-order valence-electron chi connectivity index (χ3n) is 6.87. The first kappa shape index (κ1) is 22.1. The van der Waals surface area contributed by atoms with E-state index in [9.17, 15) is 18.3 Å². The van der Waals surface area contributed by atoms with Gasteiger partial charge in [0, 0.05) is 49.5 Å². The first-order chi connectivity index (χ1) is 15.8. The number of benzene rings is 1. The van der Waals surface area contributed by atoms with E-state index in [2.05, 4.69) is 4.98 Å². The summed E-state index contributed by atoms with van der Waals surface area (Å²) in [4.78, 5) is 18.2. The number of fused-ring (bicyclic) bond motifs is 1. The maximum Gasteiger partial charge on any atom is 0.243 e. The minimum absolute atomic E-state index is 0.0259. The van der Waals surface area contributed by atoms with Crippen molar-refractivity contribution in [3.05, 3.63) is 54.5 Å². The zero-order valence-corrected chi connectivity index (χ0v) is 19.5. The molecule has 0 saturated carbocycles. The lowest BCUT2D eigenvalue weighted by molar-refractivity contribution is -0.117. The van der Waals surface area contributed by atoms with Crippen LogP contribution >= 0.6 is 0 Å². The second-order valence-corrected chi connectivity index (χ2v) is 11.0. The van der Waals surface area contributed by atoms with Gasteiger partial charge in [0.15, 0.2) is 0 Å². The van der Waals surface area contributed by atoms with E-state index in [4.69, 9.17) is 0 Å². The molecule has 0 aliphatic carbocycles. The van der Waals surface area contributed by atoms with E-state index in [-0.39, 0.29) is 23.9 Å². The Kier molecular flexibility index (Phi) is 5.50. The van der Waals surface area contributed by atoms with Crippen LogP contribution in [0.5, 0.6) is 0 Å². The predicted molar refractivity (Wildman–Crippen MR) is 125 cm³/mol. The van der Waals surface area contributed by atoms with Gasteiger partial charge in [-0.3, -0.25) is 9.78 Å². The van der Waals surface area contributed by atoms with Crippen molar-refractivity contribution in [1.82, 2.24) is 13.9 Å². The topological polar surface area (TPSA) is 95.7 Å². The van der Waals surface area contributed by atoms with Crippen LogP contribution in [0.25, 0.3) is 10.9 Å². The number of anilines is 1. The molecule has 4 heterocycles. The van der Waals surface area contributed by atoms with Gasteiger partial charge in [0.05, 0.1) is 28.8 Å². The van der Waals surface area contributed by atoms with Crippen LogP contribution in [0.1, 0.15) is 31.2 Å². The van der Waals surface area contributed by atoms with Crippen molar-refractivity contribution in [2.75, 3.05) is 24.5 Å². The Morgan fingerprint density at radius 1 is 1.12 bits per heavy atom. The first-order valence-electron chi connectivity index (χ1n) is 11.3. The van der Waals surface area contributed by atoms with Crippen molar-refractivity contribution in [2.24, 2.45) is 0 Å². The van der Waals surface area contributed by atoms with Crippen molar-refractivity contribution in [3.63, 3.8) is 0 Å². The average Bonchev–Trinajstić information content (AvgIpc) is 3.40. The molecule has 2 aliphatic heterocycles. The number of aryl methyl sites for hydroxylation is 1. The molecule has 2 saturated heterocycles. The van der Waals surface area contributed by atoms with Gasteiger partial charge >= 0.3 is 0 Å². The highest BCUT2D eigenvalue weighted by molar-refractivity contribution is 7.89. The molecule has 1 amide bonds. The Hall–Kier alpha value is -2.75. The summed E-state index contributed by atoms with van der Waals surface area (Å²) in [5.74, 6) is 0.0259. The number of rotatable bonds is 5. The number of aromatic nitrogens is 2. The number of hydrogen-bond acceptors (Lipinski definition) is 5. The van der Waals surface area contributed by atoms with Crippen molar-refractivity contribution in [2.45, 2.75) is 49.6 Å². The van der Waals surface area contributed by atoms with Crippen LogP contribution < -0.4 is 4.90 Å². The molecule has 2 aromatic heterocycles. The van der Waals surface area contributed by atoms with E-state index in [1.165, 1.54) is 4.31 Å². The normalized spacial score (nSPS) is 19.5. The van der Waals surface area contributed by atoms with Crippen molar-refractivity contribution in [1.29, 1.82) is 0 Å². The van der Waals surface area contributed by atoms with Gasteiger partial charge in [-0.05, 0) is 56.0 Å². The molecule has 33 heavy (non-hydrogen) atoms. The van der Waals surface area contributed by atoms with E-state index in [0.717, 1.165) is 17.3 Å². The Morgan fingerprint density at radius 3 is 2.64 bits per heavy atom. The molecular weight excluding hydrogens is 440 g/mol. The van der Waals surface area contributed by atoms with Crippen LogP contribution in [0.3, 0.4) is 0 Å². The van der Waals surface area contributed by atoms with E-state index in [1.807, 2.05) is 29.0 Å². The fourth-order valence-corrected chi connectivity index (χ4v) is 6.57. The molecule has 1 N–H and O–H groups in total. The van der Waals surface area contributed by atoms with Crippen LogP contribution in [-0.2, 0) is 21.4 Å². The molecule has 8 nitrogen and oxygen atoms in total. The van der Waals surface area contributed by atoms with E-state index < -0.39 is 15.6 Å². The monoisotopic (exact) mass is 468 g/mol. The Labute approximate surface area is 193 Å². The van der Waals surface area contributed by atoms with Gasteiger partial charge in [-0.25, -0.2) is 8.42 Å². The quantitative estimate of drug-likeness (QED) is 0.621. The number of carbonyl (C=O) groups is 1. The third-order valence-corrected chi connectivity index (χ3v) is 8.91. The molecular formula is C24H28N4O4S. The van der Waals surface area contributed by atoms with Crippen molar-refractivity contribution >= 4 is 32.5 Å². The summed E-state index contributed by atoms with van der Waals surface area (Å²) in [7, 11) is -3.74. The molecule has 0 radical (unpaired) electrons. The van der Waals surface area contributed by atoms with Crippen LogP contribution in [0, 0.1) is 6.92 Å². The number of pyridine rings is 1. The molecule has 0 bridgehead atoms. The molecule has 2 aliphatic rings. The molecule has 9 heteroatoms. The summed E-state index contributed by atoms with van der Waals surface area (Å²) < 4.78 is 30.4. The van der Waals surface area contributed by atoms with E-state index in [0.29, 0.717) is 43.6 Å². The fraction of sp³-hybridized carbons (Fsp3) is 0.417. The maximum atomic E-state index is 13.5. The fourth-order valence-electron chi connectivity index (χ4n) is 4.88. The predicted octanol–water partition coefficient (Wildman–Crippen LogP) is 2.69. The minimum atomic E-state index is -3.74. The zero-order chi connectivity index (χ0) is 23.2. The summed E-state index contributed by atoms with van der Waals surface area (Å²) >= 11 is 0. The number of amides is 1. The second-order valence-electron chi connectivity index (χ2n) is 9.11. The summed E-state index contributed by atoms with van der Waals surface area (Å²) in [6, 6.07) is 9.10. The molecule has 0 spiro atoms. The van der Waals surface area contributed by atoms with Gasteiger partial charge in [0.25, 0.3) is 0 Å². The molecule has 2 fully saturated rings. The molecule has 1 aromatic carbocycles. The first-order valence-corrected chi connectivity index (χ1v) is 12.7. The smallest absolute Gasteiger partial charge is 0.243 e. The largest absolute Gasteiger partial charge is 0.388 e. The lowest BCUT2D eigenvalue weighted by Gasteiger charge is -2.38. The SMILES string of the molecule is Cc1ccc(N2CCCC2=O)cc1S(=O)(=O)N1CCC(O)(Cn2ccc3ccncc32)CC1. The van der Waals surface area contributed by atoms with Gasteiger partial charge in [0.2, 0.25) is 15.9 Å². The number of carbonyl (C=O) groups excluding carboxylic acids is 1. The van der Waals surface area contributed by atoms with Crippen LogP contribution in [0.4, 0.5) is 5.69 Å². The second kappa shape index (κ2) is 8.23. The summed E-state index contributed by atoms with van der Waals surface area (Å²) in [5.41, 5.74) is 1.23. The number of piperidine rings is 1. The molecule has 5 rings (SSSR count). The molecule has 174 valence electrons. The lowest BCUT2D eigenvalue weighted by atomic mass is 9.92. The van der Waals surface area contributed by atoms with Gasteiger partial charge in [-0.1, -0.05) is 6.07 Å². The van der Waals surface area contributed by atoms with E-state index in [1.54, 1.807) is 36.4 Å². The Balaban J connectivity index is 1.33. The minimum Gasteiger partial charge on any atom is -0.388 e. The van der Waals surface area contributed by atoms with Crippen LogP contribution in [0.15, 0.2) is 53.8 Å². The number of aliphatic hydroxyl groups is 1. The van der Waals surface area contributed by atoms with Crippen LogP contribution in [0.2, 0.25) is 0 Å². The highest BCUT2D eigenvalue weighted by atomic mass is 32.2. The van der Waals surface area contributed by atoms with Crippen molar-refractivity contribution in [3.8, 4) is 0 Å². The van der Waals surface area contributed by atoms with Gasteiger partial charge in [-0.2, -0.15) is 4.31 Å². The Morgan fingerprint density at radius 2 is 1.91 bits per heavy atom. The zero-order valence-electron chi connectivity index (χ0n) is 18.6. The van der Waals surface area contributed by atoms with Gasteiger partial charge < -0.3 is 14.6 Å². The highest BCUT2D eigenvalue weighted by Crippen LogP contribution is 2.32. The van der Waals surface area contributed by atoms with Gasteiger partial charge in [0.1, 0.15) is 0 Å².